The Morgan fingerprint density at radius 3 is 2.32 bits per heavy atom. The fraction of sp³-hybridized carbons (Fsp3) is 0.600. The molecule has 0 radical (unpaired) electrons. The molecule has 0 saturated carbocycles. The van der Waals surface area contributed by atoms with Gasteiger partial charge in [0.25, 0.3) is 0 Å². The Balaban J connectivity index is 1.97. The van der Waals surface area contributed by atoms with Crippen molar-refractivity contribution in [1.29, 1.82) is 0 Å². The summed E-state index contributed by atoms with van der Waals surface area (Å²) in [7, 11) is 0. The summed E-state index contributed by atoms with van der Waals surface area (Å²) in [5, 5.41) is 8.95. The van der Waals surface area contributed by atoms with Gasteiger partial charge in [-0.05, 0) is 24.1 Å². The van der Waals surface area contributed by atoms with Gasteiger partial charge < -0.3 is 5.11 Å². The molecule has 1 fully saturated rings. The zero-order valence-corrected chi connectivity index (χ0v) is 11.6. The largest absolute Gasteiger partial charge is 0.395 e. The van der Waals surface area contributed by atoms with E-state index in [9.17, 15) is 4.39 Å². The van der Waals surface area contributed by atoms with Crippen molar-refractivity contribution < 1.29 is 9.50 Å². The first-order valence-corrected chi connectivity index (χ1v) is 7.07. The molecule has 1 saturated heterocycles. The van der Waals surface area contributed by atoms with Gasteiger partial charge in [-0.2, -0.15) is 0 Å². The van der Waals surface area contributed by atoms with Crippen LogP contribution in [0, 0.1) is 5.82 Å². The van der Waals surface area contributed by atoms with Crippen molar-refractivity contribution in [2.45, 2.75) is 19.4 Å². The number of hydrogen-bond donors (Lipinski definition) is 1. The minimum absolute atomic E-state index is 0.175. The van der Waals surface area contributed by atoms with Crippen molar-refractivity contribution in [3.05, 3.63) is 35.6 Å². The number of piperazine rings is 1. The van der Waals surface area contributed by atoms with Crippen LogP contribution in [0.2, 0.25) is 0 Å². The van der Waals surface area contributed by atoms with E-state index in [1.165, 1.54) is 5.56 Å². The molecule has 0 unspecified atom stereocenters. The summed E-state index contributed by atoms with van der Waals surface area (Å²) in [4.78, 5) is 4.75. The molecule has 0 amide bonds. The van der Waals surface area contributed by atoms with E-state index in [0.717, 1.165) is 39.1 Å². The zero-order valence-electron chi connectivity index (χ0n) is 11.6. The number of benzene rings is 1. The van der Waals surface area contributed by atoms with Crippen molar-refractivity contribution in [2.24, 2.45) is 0 Å². The predicted octanol–water partition coefficient (Wildman–Crippen LogP) is 1.89. The number of rotatable bonds is 5. The van der Waals surface area contributed by atoms with E-state index >= 15 is 0 Å². The fourth-order valence-corrected chi connectivity index (χ4v) is 2.83. The molecule has 0 spiro atoms. The molecule has 1 aromatic carbocycles. The van der Waals surface area contributed by atoms with Crippen LogP contribution in [-0.2, 0) is 0 Å². The van der Waals surface area contributed by atoms with Crippen LogP contribution >= 0.6 is 0 Å². The van der Waals surface area contributed by atoms with E-state index in [1.807, 2.05) is 12.1 Å². The second-order valence-electron chi connectivity index (χ2n) is 5.08. The van der Waals surface area contributed by atoms with Gasteiger partial charge in [-0.25, -0.2) is 4.39 Å². The minimum Gasteiger partial charge on any atom is -0.395 e. The van der Waals surface area contributed by atoms with E-state index < -0.39 is 0 Å². The molecule has 0 aromatic heterocycles. The number of nitrogens with zero attached hydrogens (tertiary/aromatic N) is 2. The zero-order chi connectivity index (χ0) is 13.7. The lowest BCUT2D eigenvalue weighted by Gasteiger charge is -2.39. The van der Waals surface area contributed by atoms with Gasteiger partial charge in [0.05, 0.1) is 6.61 Å². The van der Waals surface area contributed by atoms with Crippen LogP contribution in [0.5, 0.6) is 0 Å². The average molecular weight is 266 g/mol. The van der Waals surface area contributed by atoms with Crippen LogP contribution in [0.1, 0.15) is 24.9 Å². The Morgan fingerprint density at radius 1 is 1.16 bits per heavy atom. The van der Waals surface area contributed by atoms with Crippen LogP contribution in [0.15, 0.2) is 24.3 Å². The first-order valence-electron chi connectivity index (χ1n) is 7.07. The van der Waals surface area contributed by atoms with Crippen LogP contribution < -0.4 is 0 Å². The van der Waals surface area contributed by atoms with E-state index in [4.69, 9.17) is 5.11 Å². The maximum atomic E-state index is 13.0. The molecular formula is C15H23FN2O. The molecule has 19 heavy (non-hydrogen) atoms. The molecule has 1 N–H and O–H groups in total. The summed E-state index contributed by atoms with van der Waals surface area (Å²) in [6.07, 6.45) is 1.03. The third-order valence-electron chi connectivity index (χ3n) is 3.91. The van der Waals surface area contributed by atoms with Gasteiger partial charge in [-0.15, -0.1) is 0 Å². The lowest BCUT2D eigenvalue weighted by Crippen LogP contribution is -2.48. The monoisotopic (exact) mass is 266 g/mol. The summed E-state index contributed by atoms with van der Waals surface area (Å²) in [5.41, 5.74) is 1.19. The molecule has 1 aliphatic heterocycles. The Morgan fingerprint density at radius 2 is 1.79 bits per heavy atom. The van der Waals surface area contributed by atoms with Crippen LogP contribution in [0.3, 0.4) is 0 Å². The first-order chi connectivity index (χ1) is 9.24. The molecule has 1 heterocycles. The van der Waals surface area contributed by atoms with Crippen molar-refractivity contribution in [1.82, 2.24) is 9.80 Å². The lowest BCUT2D eigenvalue weighted by atomic mass is 10.0. The van der Waals surface area contributed by atoms with E-state index in [-0.39, 0.29) is 12.4 Å². The summed E-state index contributed by atoms with van der Waals surface area (Å²) >= 11 is 0. The van der Waals surface area contributed by atoms with Gasteiger partial charge in [0.2, 0.25) is 0 Å². The van der Waals surface area contributed by atoms with Gasteiger partial charge in [0.15, 0.2) is 0 Å². The molecule has 1 aliphatic rings. The summed E-state index contributed by atoms with van der Waals surface area (Å²) in [5.74, 6) is -0.175. The summed E-state index contributed by atoms with van der Waals surface area (Å²) in [6.45, 7) is 7.19. The molecule has 2 rings (SSSR count). The number of halogens is 1. The molecule has 0 aliphatic carbocycles. The van der Waals surface area contributed by atoms with E-state index in [0.29, 0.717) is 6.04 Å². The number of aliphatic hydroxyl groups is 1. The standard InChI is InChI=1S/C15H23FN2O/c1-2-15(13-3-5-14(16)6-4-13)18-9-7-17(8-10-18)11-12-19/h3-6,15,19H,2,7-12H2,1H3/t15-/m0/s1. The van der Waals surface area contributed by atoms with E-state index in [2.05, 4.69) is 16.7 Å². The normalized spacial score (nSPS) is 19.5. The van der Waals surface area contributed by atoms with Gasteiger partial charge in [0.1, 0.15) is 5.82 Å². The van der Waals surface area contributed by atoms with Crippen molar-refractivity contribution >= 4 is 0 Å². The Kier molecular flexibility index (Phi) is 5.31. The molecule has 1 aromatic rings. The van der Waals surface area contributed by atoms with Crippen LogP contribution in [0.4, 0.5) is 4.39 Å². The van der Waals surface area contributed by atoms with Gasteiger partial charge in [-0.1, -0.05) is 19.1 Å². The molecular weight excluding hydrogens is 243 g/mol. The van der Waals surface area contributed by atoms with Crippen molar-refractivity contribution in [3.63, 3.8) is 0 Å². The highest BCUT2D eigenvalue weighted by Gasteiger charge is 2.23. The Hall–Kier alpha value is -0.970. The minimum atomic E-state index is -0.175. The third-order valence-corrected chi connectivity index (χ3v) is 3.91. The molecule has 4 heteroatoms. The quantitative estimate of drug-likeness (QED) is 0.881. The molecule has 0 bridgehead atoms. The summed E-state index contributed by atoms with van der Waals surface area (Å²) in [6, 6.07) is 7.24. The third kappa shape index (κ3) is 3.75. The number of aliphatic hydroxyl groups excluding tert-OH is 1. The SMILES string of the molecule is CC[C@@H](c1ccc(F)cc1)N1CCN(CCO)CC1. The molecule has 1 atom stereocenters. The number of hydrogen-bond acceptors (Lipinski definition) is 3. The van der Waals surface area contributed by atoms with Gasteiger partial charge in [0, 0.05) is 38.8 Å². The summed E-state index contributed by atoms with van der Waals surface area (Å²) < 4.78 is 13.0. The Bertz CT molecular complexity index is 374. The maximum Gasteiger partial charge on any atom is 0.123 e. The lowest BCUT2D eigenvalue weighted by molar-refractivity contribution is 0.0818. The second-order valence-corrected chi connectivity index (χ2v) is 5.08. The average Bonchev–Trinajstić information content (AvgIpc) is 2.44. The maximum absolute atomic E-state index is 13.0. The van der Waals surface area contributed by atoms with Gasteiger partial charge >= 0.3 is 0 Å². The van der Waals surface area contributed by atoms with E-state index in [1.54, 1.807) is 12.1 Å². The van der Waals surface area contributed by atoms with Gasteiger partial charge in [-0.3, -0.25) is 9.80 Å². The molecule has 106 valence electrons. The van der Waals surface area contributed by atoms with Crippen LogP contribution in [0.25, 0.3) is 0 Å². The molecule has 3 nitrogen and oxygen atoms in total. The Labute approximate surface area is 114 Å². The first kappa shape index (κ1) is 14.4. The smallest absolute Gasteiger partial charge is 0.123 e. The topological polar surface area (TPSA) is 26.7 Å². The number of β-amino-alcohol motifs (C(OH)–C–C–N with tert-alkyl or cyclic N) is 1. The second kappa shape index (κ2) is 6.98. The fourth-order valence-electron chi connectivity index (χ4n) is 2.83. The predicted molar refractivity (Wildman–Crippen MR) is 74.5 cm³/mol. The highest BCUT2D eigenvalue weighted by molar-refractivity contribution is 5.20. The van der Waals surface area contributed by atoms with Crippen molar-refractivity contribution in [3.8, 4) is 0 Å². The van der Waals surface area contributed by atoms with Crippen molar-refractivity contribution in [2.75, 3.05) is 39.3 Å². The highest BCUT2D eigenvalue weighted by atomic mass is 19.1. The van der Waals surface area contributed by atoms with Crippen LogP contribution in [-0.4, -0.2) is 54.2 Å². The highest BCUT2D eigenvalue weighted by Crippen LogP contribution is 2.25.